The van der Waals surface area contributed by atoms with Crippen LogP contribution in [-0.2, 0) is 17.6 Å². The van der Waals surface area contributed by atoms with Crippen LogP contribution in [0.3, 0.4) is 0 Å². The maximum absolute atomic E-state index is 13.0. The third-order valence-corrected chi connectivity index (χ3v) is 6.38. The molecule has 0 unspecified atom stereocenters. The first-order valence-electron chi connectivity index (χ1n) is 9.62. The van der Waals surface area contributed by atoms with Gasteiger partial charge >= 0.3 is 5.97 Å². The van der Waals surface area contributed by atoms with E-state index in [0.29, 0.717) is 22.8 Å². The molecule has 2 heterocycles. The summed E-state index contributed by atoms with van der Waals surface area (Å²) in [7, 11) is 0. The fourth-order valence-corrected chi connectivity index (χ4v) is 5.06. The van der Waals surface area contributed by atoms with Crippen molar-refractivity contribution in [2.75, 3.05) is 11.9 Å². The van der Waals surface area contributed by atoms with Crippen LogP contribution in [0.2, 0.25) is 0 Å². The first-order valence-corrected chi connectivity index (χ1v) is 10.4. The molecule has 5 nitrogen and oxygen atoms in total. The van der Waals surface area contributed by atoms with Crippen LogP contribution in [0, 0.1) is 13.8 Å². The molecule has 0 bridgehead atoms. The van der Waals surface area contributed by atoms with E-state index < -0.39 is 0 Å². The van der Waals surface area contributed by atoms with E-state index in [9.17, 15) is 9.59 Å². The Balaban J connectivity index is 1.71. The molecule has 28 heavy (non-hydrogen) atoms. The average molecular weight is 397 g/mol. The zero-order valence-corrected chi connectivity index (χ0v) is 17.1. The second kappa shape index (κ2) is 7.43. The summed E-state index contributed by atoms with van der Waals surface area (Å²) in [5.41, 5.74) is 4.14. The van der Waals surface area contributed by atoms with Crippen molar-refractivity contribution in [1.82, 2.24) is 0 Å². The highest BCUT2D eigenvalue weighted by molar-refractivity contribution is 7.17. The van der Waals surface area contributed by atoms with E-state index in [1.165, 1.54) is 16.2 Å². The molecule has 0 fully saturated rings. The Morgan fingerprint density at radius 3 is 2.79 bits per heavy atom. The number of benzene rings is 1. The first-order chi connectivity index (χ1) is 13.5. The van der Waals surface area contributed by atoms with Gasteiger partial charge in [0.15, 0.2) is 5.76 Å². The molecule has 6 heteroatoms. The third kappa shape index (κ3) is 3.22. The number of carbonyl (C=O) groups is 2. The molecule has 0 aliphatic heterocycles. The lowest BCUT2D eigenvalue weighted by Crippen LogP contribution is -2.16. The molecular weight excluding hydrogens is 374 g/mol. The number of hydrogen-bond donors (Lipinski definition) is 1. The summed E-state index contributed by atoms with van der Waals surface area (Å²) in [6.07, 6.45) is 3.93. The molecule has 0 atom stereocenters. The monoisotopic (exact) mass is 397 g/mol. The molecule has 1 N–H and O–H groups in total. The van der Waals surface area contributed by atoms with Crippen LogP contribution < -0.4 is 5.32 Å². The second-order valence-electron chi connectivity index (χ2n) is 7.15. The van der Waals surface area contributed by atoms with Crippen LogP contribution in [0.15, 0.2) is 22.6 Å². The largest absolute Gasteiger partial charge is 0.462 e. The lowest BCUT2D eigenvalue weighted by Gasteiger charge is -2.12. The van der Waals surface area contributed by atoms with E-state index in [1.54, 1.807) is 6.92 Å². The van der Waals surface area contributed by atoms with Crippen molar-refractivity contribution >= 4 is 39.2 Å². The third-order valence-electron chi connectivity index (χ3n) is 5.18. The zero-order valence-electron chi connectivity index (χ0n) is 16.3. The van der Waals surface area contributed by atoms with Gasteiger partial charge in [-0.05, 0) is 64.2 Å². The van der Waals surface area contributed by atoms with Crippen molar-refractivity contribution in [3.63, 3.8) is 0 Å². The maximum atomic E-state index is 13.0. The minimum atomic E-state index is -0.367. The number of anilines is 1. The number of carbonyl (C=O) groups excluding carboxylic acids is 2. The normalized spacial score (nSPS) is 13.4. The number of ether oxygens (including phenoxy) is 1. The number of amides is 1. The Morgan fingerprint density at radius 2 is 2.00 bits per heavy atom. The van der Waals surface area contributed by atoms with E-state index in [4.69, 9.17) is 9.15 Å². The fraction of sp³-hybridized carbons (Fsp3) is 0.364. The van der Waals surface area contributed by atoms with Crippen LogP contribution in [0.25, 0.3) is 11.0 Å². The molecule has 1 aliphatic rings. The van der Waals surface area contributed by atoms with Gasteiger partial charge in [0.2, 0.25) is 0 Å². The van der Waals surface area contributed by atoms with Crippen LogP contribution in [0.4, 0.5) is 5.00 Å². The molecular formula is C22H23NO4S. The molecule has 0 radical (unpaired) electrons. The number of hydrogen-bond acceptors (Lipinski definition) is 5. The van der Waals surface area contributed by atoms with Gasteiger partial charge in [0.05, 0.1) is 12.2 Å². The van der Waals surface area contributed by atoms with E-state index in [1.807, 2.05) is 32.0 Å². The number of esters is 1. The first kappa shape index (κ1) is 18.7. The summed E-state index contributed by atoms with van der Waals surface area (Å²) in [5.74, 6) is -0.425. The van der Waals surface area contributed by atoms with E-state index in [-0.39, 0.29) is 17.6 Å². The summed E-state index contributed by atoms with van der Waals surface area (Å²) < 4.78 is 11.1. The predicted molar refractivity (Wildman–Crippen MR) is 111 cm³/mol. The quantitative estimate of drug-likeness (QED) is 0.597. The predicted octanol–water partition coefficient (Wildman–Crippen LogP) is 5.42. The Kier molecular flexibility index (Phi) is 4.98. The number of rotatable bonds is 4. The van der Waals surface area contributed by atoms with E-state index >= 15 is 0 Å². The van der Waals surface area contributed by atoms with Gasteiger partial charge in [0.1, 0.15) is 10.6 Å². The van der Waals surface area contributed by atoms with Crippen LogP contribution in [0.5, 0.6) is 0 Å². The van der Waals surface area contributed by atoms with Gasteiger partial charge in [-0.2, -0.15) is 0 Å². The topological polar surface area (TPSA) is 68.5 Å². The van der Waals surface area contributed by atoms with E-state index in [2.05, 4.69) is 5.32 Å². The second-order valence-corrected chi connectivity index (χ2v) is 8.25. The molecule has 1 amide bonds. The summed E-state index contributed by atoms with van der Waals surface area (Å²) in [6, 6.07) is 5.85. The van der Waals surface area contributed by atoms with Gasteiger partial charge in [0, 0.05) is 15.8 Å². The number of aryl methyl sites for hydroxylation is 3. The van der Waals surface area contributed by atoms with Gasteiger partial charge in [0.25, 0.3) is 5.91 Å². The lowest BCUT2D eigenvalue weighted by atomic mass is 9.95. The maximum Gasteiger partial charge on any atom is 0.341 e. The van der Waals surface area contributed by atoms with Crippen LogP contribution in [-0.4, -0.2) is 18.5 Å². The Hall–Kier alpha value is -2.60. The minimum Gasteiger partial charge on any atom is -0.462 e. The van der Waals surface area contributed by atoms with Crippen LogP contribution >= 0.6 is 11.3 Å². The van der Waals surface area contributed by atoms with Gasteiger partial charge in [-0.1, -0.05) is 11.6 Å². The van der Waals surface area contributed by atoms with Crippen molar-refractivity contribution < 1.29 is 18.7 Å². The number of thiophene rings is 1. The Morgan fingerprint density at radius 1 is 1.21 bits per heavy atom. The highest BCUT2D eigenvalue weighted by Crippen LogP contribution is 2.39. The Labute approximate surface area is 167 Å². The summed E-state index contributed by atoms with van der Waals surface area (Å²) >= 11 is 1.48. The molecule has 3 aromatic rings. The summed E-state index contributed by atoms with van der Waals surface area (Å²) in [4.78, 5) is 26.7. The number of nitrogens with one attached hydrogen (secondary N) is 1. The smallest absolute Gasteiger partial charge is 0.341 e. The molecule has 0 saturated carbocycles. The fourth-order valence-electron chi connectivity index (χ4n) is 3.78. The van der Waals surface area contributed by atoms with Crippen molar-refractivity contribution in [2.45, 2.75) is 46.5 Å². The van der Waals surface area contributed by atoms with Crippen molar-refractivity contribution in [2.24, 2.45) is 0 Å². The highest BCUT2D eigenvalue weighted by Gasteiger charge is 2.28. The lowest BCUT2D eigenvalue weighted by molar-refractivity contribution is 0.0526. The molecule has 146 valence electrons. The summed E-state index contributed by atoms with van der Waals surface area (Å²) in [5, 5.41) is 4.42. The molecule has 1 aromatic carbocycles. The Bertz CT molecular complexity index is 1080. The standard InChI is InChI=1S/C22H23NO4S/c1-4-26-22(25)18-14-7-5-6-8-17(14)28-21(18)23-20(24)19-13(3)15-11-12(2)9-10-16(15)27-19/h9-11H,4-8H2,1-3H3,(H,23,24). The summed E-state index contributed by atoms with van der Waals surface area (Å²) in [6.45, 7) is 5.98. The van der Waals surface area contributed by atoms with Gasteiger partial charge in [-0.3, -0.25) is 4.79 Å². The van der Waals surface area contributed by atoms with E-state index in [0.717, 1.165) is 47.8 Å². The molecule has 2 aromatic heterocycles. The highest BCUT2D eigenvalue weighted by atomic mass is 32.1. The molecule has 0 saturated heterocycles. The SMILES string of the molecule is CCOC(=O)c1c(NC(=O)c2oc3ccc(C)cc3c2C)sc2c1CCCC2. The minimum absolute atomic E-state index is 0.279. The van der Waals surface area contributed by atoms with Crippen molar-refractivity contribution in [1.29, 1.82) is 0 Å². The molecule has 1 aliphatic carbocycles. The zero-order chi connectivity index (χ0) is 19.8. The van der Waals surface area contributed by atoms with Crippen LogP contribution in [0.1, 0.15) is 62.2 Å². The van der Waals surface area contributed by atoms with Crippen molar-refractivity contribution in [3.05, 3.63) is 51.1 Å². The number of furan rings is 1. The van der Waals surface area contributed by atoms with Gasteiger partial charge in [-0.25, -0.2) is 4.79 Å². The molecule has 0 spiro atoms. The van der Waals surface area contributed by atoms with Gasteiger partial charge < -0.3 is 14.5 Å². The number of fused-ring (bicyclic) bond motifs is 2. The van der Waals surface area contributed by atoms with Crippen molar-refractivity contribution in [3.8, 4) is 0 Å². The van der Waals surface area contributed by atoms with Gasteiger partial charge in [-0.15, -0.1) is 11.3 Å². The average Bonchev–Trinajstić information content (AvgIpc) is 3.19. The molecule has 4 rings (SSSR count).